The van der Waals surface area contributed by atoms with Gasteiger partial charge in [0.15, 0.2) is 0 Å². The van der Waals surface area contributed by atoms with Crippen LogP contribution in [-0.4, -0.2) is 59.1 Å². The Balaban J connectivity index is 4.49. The van der Waals surface area contributed by atoms with Gasteiger partial charge in [-0.3, -0.25) is 4.79 Å². The Bertz CT molecular complexity index is 324. The van der Waals surface area contributed by atoms with E-state index in [0.717, 1.165) is 5.75 Å². The third kappa shape index (κ3) is 5.76. The number of aliphatic carboxylic acids is 1. The largest absolute Gasteiger partial charge is 0.480 e. The molecule has 0 heterocycles. The monoisotopic (exact) mass is 277 g/mol. The second kappa shape index (κ2) is 7.80. The van der Waals surface area contributed by atoms with Gasteiger partial charge < -0.3 is 21.1 Å². The number of hydrogen-bond donors (Lipinski definition) is 3. The summed E-state index contributed by atoms with van der Waals surface area (Å²) >= 11 is 1.58. The van der Waals surface area contributed by atoms with E-state index in [1.807, 2.05) is 13.2 Å². The van der Waals surface area contributed by atoms with Crippen molar-refractivity contribution in [1.29, 1.82) is 0 Å². The first-order valence-corrected chi connectivity index (χ1v) is 6.72. The van der Waals surface area contributed by atoms with Gasteiger partial charge in [-0.1, -0.05) is 0 Å². The zero-order chi connectivity index (χ0) is 14.3. The zero-order valence-corrected chi connectivity index (χ0v) is 11.5. The maximum Gasteiger partial charge on any atom is 0.326 e. The number of amides is 3. The molecule has 0 aliphatic rings. The summed E-state index contributed by atoms with van der Waals surface area (Å²) in [6.45, 7) is 1.85. The number of nitrogens with one attached hydrogen (secondary N) is 1. The normalized spacial score (nSPS) is 13.5. The molecule has 0 rings (SSSR count). The van der Waals surface area contributed by atoms with Crippen LogP contribution >= 0.6 is 11.8 Å². The molecule has 3 amide bonds. The minimum atomic E-state index is -1.29. The van der Waals surface area contributed by atoms with Crippen LogP contribution in [0.4, 0.5) is 4.79 Å². The summed E-state index contributed by atoms with van der Waals surface area (Å²) < 4.78 is 0. The van der Waals surface area contributed by atoms with Crippen molar-refractivity contribution in [2.75, 3.05) is 19.1 Å². The molecule has 0 aromatic carbocycles. The number of nitrogens with zero attached hydrogens (tertiary/aromatic N) is 1. The smallest absolute Gasteiger partial charge is 0.326 e. The lowest BCUT2D eigenvalue weighted by molar-refractivity contribution is -0.140. The number of primary amides is 1. The molecule has 2 atom stereocenters. The van der Waals surface area contributed by atoms with Crippen LogP contribution in [-0.2, 0) is 9.59 Å². The predicted octanol–water partition coefficient (Wildman–Crippen LogP) is -0.292. The van der Waals surface area contributed by atoms with E-state index in [1.54, 1.807) is 18.8 Å². The molecule has 104 valence electrons. The molecule has 0 aromatic rings. The highest BCUT2D eigenvalue weighted by Crippen LogP contribution is 2.04. The van der Waals surface area contributed by atoms with Crippen molar-refractivity contribution in [3.05, 3.63) is 0 Å². The number of carbonyl (C=O) groups excluding carboxylic acids is 2. The SMILES string of the molecule is CSCC(C)N(C)C(=O)NC(CC(N)=O)C(=O)O. The summed E-state index contributed by atoms with van der Waals surface area (Å²) in [6.07, 6.45) is 1.49. The highest BCUT2D eigenvalue weighted by atomic mass is 32.2. The first-order chi connectivity index (χ1) is 8.29. The molecule has 0 spiro atoms. The highest BCUT2D eigenvalue weighted by Gasteiger charge is 2.25. The number of nitrogens with two attached hydrogens (primary N) is 1. The summed E-state index contributed by atoms with van der Waals surface area (Å²) in [7, 11) is 1.57. The number of thioether (sulfide) groups is 1. The lowest BCUT2D eigenvalue weighted by atomic mass is 10.2. The van der Waals surface area contributed by atoms with Gasteiger partial charge in [0.1, 0.15) is 6.04 Å². The maximum atomic E-state index is 11.7. The molecular formula is C10H19N3O4S. The van der Waals surface area contributed by atoms with Crippen molar-refractivity contribution in [1.82, 2.24) is 10.2 Å². The van der Waals surface area contributed by atoms with Crippen molar-refractivity contribution >= 4 is 29.7 Å². The molecule has 7 nitrogen and oxygen atoms in total. The van der Waals surface area contributed by atoms with Gasteiger partial charge in [0.25, 0.3) is 0 Å². The van der Waals surface area contributed by atoms with E-state index in [2.05, 4.69) is 5.32 Å². The molecule has 0 saturated carbocycles. The third-order valence-corrected chi connectivity index (χ3v) is 3.21. The molecule has 4 N–H and O–H groups in total. The van der Waals surface area contributed by atoms with Crippen LogP contribution < -0.4 is 11.1 Å². The molecule has 0 aliphatic heterocycles. The molecule has 0 fully saturated rings. The average molecular weight is 277 g/mol. The van der Waals surface area contributed by atoms with E-state index >= 15 is 0 Å². The van der Waals surface area contributed by atoms with Crippen molar-refractivity contribution in [2.24, 2.45) is 5.73 Å². The van der Waals surface area contributed by atoms with Crippen molar-refractivity contribution in [3.63, 3.8) is 0 Å². The summed E-state index contributed by atoms with van der Waals surface area (Å²) in [6, 6.07) is -1.87. The first-order valence-electron chi connectivity index (χ1n) is 5.33. The molecule has 0 aliphatic carbocycles. The fraction of sp³-hybridized carbons (Fsp3) is 0.700. The van der Waals surface area contributed by atoms with Crippen LogP contribution in [0.5, 0.6) is 0 Å². The van der Waals surface area contributed by atoms with Crippen molar-refractivity contribution in [3.8, 4) is 0 Å². The fourth-order valence-electron chi connectivity index (χ4n) is 1.21. The molecule has 2 unspecified atom stereocenters. The Morgan fingerprint density at radius 1 is 1.44 bits per heavy atom. The number of carboxylic acid groups (broad SMARTS) is 1. The van der Waals surface area contributed by atoms with E-state index in [4.69, 9.17) is 10.8 Å². The van der Waals surface area contributed by atoms with Crippen molar-refractivity contribution < 1.29 is 19.5 Å². The van der Waals surface area contributed by atoms with Gasteiger partial charge in [0.05, 0.1) is 6.42 Å². The Morgan fingerprint density at radius 2 is 2.00 bits per heavy atom. The number of urea groups is 1. The Kier molecular flexibility index (Phi) is 7.18. The van der Waals surface area contributed by atoms with Crippen LogP contribution in [0.15, 0.2) is 0 Å². The summed E-state index contributed by atoms with van der Waals surface area (Å²) in [4.78, 5) is 34.7. The summed E-state index contributed by atoms with van der Waals surface area (Å²) in [5.74, 6) is -1.33. The third-order valence-electron chi connectivity index (χ3n) is 2.39. The first kappa shape index (κ1) is 16.6. The van der Waals surface area contributed by atoms with E-state index in [9.17, 15) is 14.4 Å². The average Bonchev–Trinajstić information content (AvgIpc) is 2.26. The second-order valence-corrected chi connectivity index (χ2v) is 4.84. The summed E-state index contributed by atoms with van der Waals surface area (Å²) in [5.41, 5.74) is 4.92. The molecule has 18 heavy (non-hydrogen) atoms. The van der Waals surface area contributed by atoms with Crippen LogP contribution in [0.25, 0.3) is 0 Å². The molecule has 0 bridgehead atoms. The lowest BCUT2D eigenvalue weighted by Crippen LogP contribution is -2.50. The van der Waals surface area contributed by atoms with E-state index in [-0.39, 0.29) is 6.04 Å². The minimum absolute atomic E-state index is 0.0389. The molecule has 0 aromatic heterocycles. The fourth-order valence-corrected chi connectivity index (χ4v) is 1.91. The van der Waals surface area contributed by atoms with Gasteiger partial charge >= 0.3 is 12.0 Å². The molecule has 8 heteroatoms. The van der Waals surface area contributed by atoms with E-state index in [0.29, 0.717) is 0 Å². The van der Waals surface area contributed by atoms with Crippen LogP contribution in [0.2, 0.25) is 0 Å². The van der Waals surface area contributed by atoms with Gasteiger partial charge in [0, 0.05) is 18.8 Å². The van der Waals surface area contributed by atoms with Crippen LogP contribution in [0, 0.1) is 0 Å². The van der Waals surface area contributed by atoms with Crippen LogP contribution in [0.3, 0.4) is 0 Å². The highest BCUT2D eigenvalue weighted by molar-refractivity contribution is 7.98. The number of hydrogen-bond acceptors (Lipinski definition) is 4. The van der Waals surface area contributed by atoms with Crippen molar-refractivity contribution in [2.45, 2.75) is 25.4 Å². The maximum absolute atomic E-state index is 11.7. The minimum Gasteiger partial charge on any atom is -0.480 e. The number of rotatable bonds is 7. The number of carboxylic acids is 1. The standard InChI is InChI=1S/C10H19N3O4S/c1-6(5-18-3)13(2)10(17)12-7(9(15)16)4-8(11)14/h6-7H,4-5H2,1-3H3,(H2,11,14)(H,12,17)(H,15,16). The van der Waals surface area contributed by atoms with Gasteiger partial charge in [-0.05, 0) is 13.2 Å². The predicted molar refractivity (Wildman–Crippen MR) is 69.4 cm³/mol. The topological polar surface area (TPSA) is 113 Å². The molecule has 0 saturated heterocycles. The van der Waals surface area contributed by atoms with E-state index < -0.39 is 30.4 Å². The Hall–Kier alpha value is -1.44. The second-order valence-electron chi connectivity index (χ2n) is 3.93. The van der Waals surface area contributed by atoms with Gasteiger partial charge in [-0.15, -0.1) is 0 Å². The summed E-state index contributed by atoms with van der Waals surface area (Å²) in [5, 5.41) is 11.1. The van der Waals surface area contributed by atoms with Crippen LogP contribution in [0.1, 0.15) is 13.3 Å². The quantitative estimate of drug-likeness (QED) is 0.592. The Morgan fingerprint density at radius 3 is 2.39 bits per heavy atom. The zero-order valence-electron chi connectivity index (χ0n) is 10.7. The molecule has 0 radical (unpaired) electrons. The van der Waals surface area contributed by atoms with Gasteiger partial charge in [0.2, 0.25) is 5.91 Å². The van der Waals surface area contributed by atoms with Gasteiger partial charge in [-0.25, -0.2) is 9.59 Å². The van der Waals surface area contributed by atoms with Gasteiger partial charge in [-0.2, -0.15) is 11.8 Å². The number of carbonyl (C=O) groups is 3. The van der Waals surface area contributed by atoms with E-state index in [1.165, 1.54) is 4.90 Å². The lowest BCUT2D eigenvalue weighted by Gasteiger charge is -2.26. The Labute approximate surface area is 110 Å². The molecular weight excluding hydrogens is 258 g/mol.